The average molecular weight is 299 g/mol. The van der Waals surface area contributed by atoms with Gasteiger partial charge >= 0.3 is 6.09 Å². The van der Waals surface area contributed by atoms with E-state index in [9.17, 15) is 9.59 Å². The zero-order valence-electron chi connectivity index (χ0n) is 13.8. The Morgan fingerprint density at radius 2 is 2.00 bits per heavy atom. The highest BCUT2D eigenvalue weighted by atomic mass is 16.6. The van der Waals surface area contributed by atoms with E-state index in [0.29, 0.717) is 13.1 Å². The first-order chi connectivity index (χ1) is 9.61. The molecule has 21 heavy (non-hydrogen) atoms. The lowest BCUT2D eigenvalue weighted by atomic mass is 10.0. The molecule has 1 heterocycles. The molecule has 2 amide bonds. The topological polar surface area (TPSA) is 84.7 Å². The third kappa shape index (κ3) is 5.53. The van der Waals surface area contributed by atoms with E-state index >= 15 is 0 Å². The summed E-state index contributed by atoms with van der Waals surface area (Å²) in [4.78, 5) is 25.8. The number of nitrogens with one attached hydrogen (secondary N) is 1. The van der Waals surface area contributed by atoms with Crippen LogP contribution >= 0.6 is 0 Å². The number of likely N-dealkylation sites (tertiary alicyclic amines) is 1. The highest BCUT2D eigenvalue weighted by molar-refractivity contribution is 5.82. The molecule has 1 aliphatic heterocycles. The van der Waals surface area contributed by atoms with Gasteiger partial charge in [-0.15, -0.1) is 0 Å². The van der Waals surface area contributed by atoms with Gasteiger partial charge in [-0.1, -0.05) is 13.8 Å². The van der Waals surface area contributed by atoms with Crippen LogP contribution in [-0.4, -0.2) is 47.7 Å². The first-order valence-corrected chi connectivity index (χ1v) is 7.64. The Morgan fingerprint density at radius 3 is 2.52 bits per heavy atom. The van der Waals surface area contributed by atoms with E-state index in [-0.39, 0.29) is 17.9 Å². The van der Waals surface area contributed by atoms with E-state index in [2.05, 4.69) is 5.32 Å². The van der Waals surface area contributed by atoms with Gasteiger partial charge in [-0.05, 0) is 39.5 Å². The zero-order chi connectivity index (χ0) is 16.2. The van der Waals surface area contributed by atoms with Crippen molar-refractivity contribution in [3.05, 3.63) is 0 Å². The van der Waals surface area contributed by atoms with E-state index in [1.807, 2.05) is 34.6 Å². The van der Waals surface area contributed by atoms with Crippen LogP contribution in [0.3, 0.4) is 0 Å². The van der Waals surface area contributed by atoms with Gasteiger partial charge in [0.2, 0.25) is 5.91 Å². The van der Waals surface area contributed by atoms with E-state index < -0.39 is 17.7 Å². The summed E-state index contributed by atoms with van der Waals surface area (Å²) in [5.74, 6) is 0.0797. The summed E-state index contributed by atoms with van der Waals surface area (Å²) >= 11 is 0. The number of nitrogens with zero attached hydrogens (tertiary/aromatic N) is 1. The number of nitrogens with two attached hydrogens (primary N) is 1. The summed E-state index contributed by atoms with van der Waals surface area (Å²) in [6.45, 7) is 10.4. The summed E-state index contributed by atoms with van der Waals surface area (Å²) in [6.07, 6.45) is 1.37. The van der Waals surface area contributed by atoms with E-state index in [1.165, 1.54) is 0 Å². The Morgan fingerprint density at radius 1 is 1.38 bits per heavy atom. The van der Waals surface area contributed by atoms with Crippen LogP contribution in [0.2, 0.25) is 0 Å². The van der Waals surface area contributed by atoms with Gasteiger partial charge in [-0.2, -0.15) is 0 Å². The average Bonchev–Trinajstić information content (AvgIpc) is 2.80. The van der Waals surface area contributed by atoms with Gasteiger partial charge in [0.05, 0.1) is 6.04 Å². The number of carbonyl (C=O) groups is 2. The fourth-order valence-electron chi connectivity index (χ4n) is 2.33. The number of carbonyl (C=O) groups excluding carboxylic acids is 2. The molecule has 3 N–H and O–H groups in total. The Bertz CT molecular complexity index is 377. The predicted molar refractivity (Wildman–Crippen MR) is 81.8 cm³/mol. The van der Waals surface area contributed by atoms with Crippen molar-refractivity contribution >= 4 is 12.0 Å². The Hall–Kier alpha value is -1.30. The highest BCUT2D eigenvalue weighted by Crippen LogP contribution is 2.19. The molecule has 0 spiro atoms. The van der Waals surface area contributed by atoms with Crippen molar-refractivity contribution < 1.29 is 14.3 Å². The first kappa shape index (κ1) is 17.8. The smallest absolute Gasteiger partial charge is 0.407 e. The van der Waals surface area contributed by atoms with Crippen LogP contribution < -0.4 is 11.1 Å². The molecule has 2 atom stereocenters. The molecular weight excluding hydrogens is 270 g/mol. The Balaban J connectivity index is 2.51. The molecule has 1 aliphatic rings. The summed E-state index contributed by atoms with van der Waals surface area (Å²) in [5.41, 5.74) is 5.42. The monoisotopic (exact) mass is 299 g/mol. The molecule has 6 heteroatoms. The van der Waals surface area contributed by atoms with Crippen molar-refractivity contribution in [2.24, 2.45) is 11.7 Å². The minimum Gasteiger partial charge on any atom is -0.444 e. The maximum atomic E-state index is 12.3. The molecule has 0 bridgehead atoms. The molecule has 1 saturated heterocycles. The second-order valence-corrected chi connectivity index (χ2v) is 6.98. The van der Waals surface area contributed by atoms with Crippen molar-refractivity contribution in [3.8, 4) is 0 Å². The molecule has 0 unspecified atom stereocenters. The minimum atomic E-state index is -0.519. The van der Waals surface area contributed by atoms with E-state index in [4.69, 9.17) is 10.5 Å². The summed E-state index contributed by atoms with van der Waals surface area (Å²) in [5, 5.41) is 2.74. The lowest BCUT2D eigenvalue weighted by Crippen LogP contribution is -2.51. The number of hydrogen-bond donors (Lipinski definition) is 2. The lowest BCUT2D eigenvalue weighted by Gasteiger charge is -2.29. The van der Waals surface area contributed by atoms with E-state index in [0.717, 1.165) is 12.8 Å². The maximum Gasteiger partial charge on any atom is 0.407 e. The number of alkyl carbamates (subject to hydrolysis) is 1. The fourth-order valence-corrected chi connectivity index (χ4v) is 2.33. The largest absolute Gasteiger partial charge is 0.444 e. The molecule has 6 nitrogen and oxygen atoms in total. The van der Waals surface area contributed by atoms with Gasteiger partial charge < -0.3 is 20.7 Å². The molecule has 0 aliphatic carbocycles. The van der Waals surface area contributed by atoms with Crippen LogP contribution in [-0.2, 0) is 9.53 Å². The van der Waals surface area contributed by atoms with Crippen molar-refractivity contribution in [3.63, 3.8) is 0 Å². The minimum absolute atomic E-state index is 0.00909. The highest BCUT2D eigenvalue weighted by Gasteiger charge is 2.33. The number of amides is 2. The SMILES string of the molecule is CC(C)[C@H](N)C(=O)N1CCC[C@@H]1CNC(=O)OC(C)(C)C. The molecule has 0 aromatic heterocycles. The molecule has 0 saturated carbocycles. The molecule has 0 aromatic rings. The third-order valence-electron chi connectivity index (χ3n) is 3.54. The number of ether oxygens (including phenoxy) is 1. The molecule has 122 valence electrons. The molecular formula is C15H29N3O3. The normalized spacial score (nSPS) is 20.5. The zero-order valence-corrected chi connectivity index (χ0v) is 13.8. The van der Waals surface area contributed by atoms with Gasteiger partial charge in [0, 0.05) is 19.1 Å². The van der Waals surface area contributed by atoms with Crippen LogP contribution in [0.25, 0.3) is 0 Å². The van der Waals surface area contributed by atoms with Crippen LogP contribution in [0.5, 0.6) is 0 Å². The quantitative estimate of drug-likeness (QED) is 0.823. The van der Waals surface area contributed by atoms with Gasteiger partial charge in [-0.25, -0.2) is 4.79 Å². The predicted octanol–water partition coefficient (Wildman–Crippen LogP) is 1.49. The number of rotatable bonds is 4. The summed E-state index contributed by atoms with van der Waals surface area (Å²) < 4.78 is 5.20. The standard InChI is InChI=1S/C15H29N3O3/c1-10(2)12(16)13(19)18-8-6-7-11(18)9-17-14(20)21-15(3,4)5/h10-12H,6-9,16H2,1-5H3,(H,17,20)/t11-,12+/m1/s1. The van der Waals surface area contributed by atoms with Crippen LogP contribution in [0.4, 0.5) is 4.79 Å². The van der Waals surface area contributed by atoms with Gasteiger partial charge in [0.25, 0.3) is 0 Å². The lowest BCUT2D eigenvalue weighted by molar-refractivity contribution is -0.134. The van der Waals surface area contributed by atoms with Crippen LogP contribution in [0.15, 0.2) is 0 Å². The molecule has 0 radical (unpaired) electrons. The second-order valence-electron chi connectivity index (χ2n) is 6.98. The third-order valence-corrected chi connectivity index (χ3v) is 3.54. The Kier molecular flexibility index (Phi) is 6.01. The van der Waals surface area contributed by atoms with Crippen molar-refractivity contribution in [2.45, 2.75) is 65.1 Å². The van der Waals surface area contributed by atoms with Crippen LogP contribution in [0, 0.1) is 5.92 Å². The molecule has 0 aromatic carbocycles. The second kappa shape index (κ2) is 7.11. The van der Waals surface area contributed by atoms with Gasteiger partial charge in [-0.3, -0.25) is 4.79 Å². The van der Waals surface area contributed by atoms with Gasteiger partial charge in [0.1, 0.15) is 5.60 Å². The fraction of sp³-hybridized carbons (Fsp3) is 0.867. The Labute approximate surface area is 127 Å². The van der Waals surface area contributed by atoms with Crippen molar-refractivity contribution in [2.75, 3.05) is 13.1 Å². The summed E-state index contributed by atoms with van der Waals surface area (Å²) in [7, 11) is 0. The molecule has 1 rings (SSSR count). The maximum absolute atomic E-state index is 12.3. The van der Waals surface area contributed by atoms with Crippen molar-refractivity contribution in [1.82, 2.24) is 10.2 Å². The molecule has 1 fully saturated rings. The van der Waals surface area contributed by atoms with Crippen molar-refractivity contribution in [1.29, 1.82) is 0 Å². The summed E-state index contributed by atoms with van der Waals surface area (Å²) in [6, 6.07) is -0.470. The van der Waals surface area contributed by atoms with Crippen LogP contribution in [0.1, 0.15) is 47.5 Å². The van der Waals surface area contributed by atoms with Gasteiger partial charge in [0.15, 0.2) is 0 Å². The number of hydrogen-bond acceptors (Lipinski definition) is 4. The first-order valence-electron chi connectivity index (χ1n) is 7.64. The van der Waals surface area contributed by atoms with E-state index in [1.54, 1.807) is 4.90 Å².